The highest BCUT2D eigenvalue weighted by molar-refractivity contribution is 14.0. The smallest absolute Gasteiger partial charge is 0.190 e. The normalized spacial score (nSPS) is 19.9. The fraction of sp³-hybridized carbons (Fsp3) is 0.941. The summed E-state index contributed by atoms with van der Waals surface area (Å²) in [7, 11) is 1.85. The van der Waals surface area contributed by atoms with Gasteiger partial charge in [0.1, 0.15) is 0 Å². The molecule has 1 aliphatic rings. The molecule has 1 rings (SSSR count). The van der Waals surface area contributed by atoms with E-state index in [4.69, 9.17) is 0 Å². The summed E-state index contributed by atoms with van der Waals surface area (Å²) < 4.78 is 0. The van der Waals surface area contributed by atoms with Crippen LogP contribution in [0.15, 0.2) is 4.99 Å². The second-order valence-electron chi connectivity index (χ2n) is 6.86. The van der Waals surface area contributed by atoms with E-state index in [1.54, 1.807) is 0 Å². The zero-order valence-corrected chi connectivity index (χ0v) is 17.4. The van der Waals surface area contributed by atoms with Crippen LogP contribution in [0, 0.1) is 11.8 Å². The first-order valence-electron chi connectivity index (χ1n) is 8.78. The molecule has 22 heavy (non-hydrogen) atoms. The maximum absolute atomic E-state index is 4.27. The van der Waals surface area contributed by atoms with Gasteiger partial charge in [-0.3, -0.25) is 4.99 Å². The molecule has 0 saturated carbocycles. The molecule has 0 bridgehead atoms. The van der Waals surface area contributed by atoms with Crippen molar-refractivity contribution in [3.05, 3.63) is 0 Å². The highest BCUT2D eigenvalue weighted by Crippen LogP contribution is 2.15. The molecular weight excluding hydrogens is 387 g/mol. The summed E-state index contributed by atoms with van der Waals surface area (Å²) in [6.07, 6.45) is 6.48. The molecule has 1 fully saturated rings. The number of likely N-dealkylation sites (tertiary alicyclic amines) is 1. The first-order valence-corrected chi connectivity index (χ1v) is 8.78. The standard InChI is InChI=1S/C17H36N4.HI/c1-15(2)9-11-20-17(18-4)19-10-5-6-12-21-13-7-8-16(3)14-21;/h15-16H,5-14H2,1-4H3,(H2,18,19,20);1H. The van der Waals surface area contributed by atoms with E-state index < -0.39 is 0 Å². The Bertz CT molecular complexity index is 294. The van der Waals surface area contributed by atoms with Crippen molar-refractivity contribution in [1.29, 1.82) is 0 Å². The van der Waals surface area contributed by atoms with Crippen LogP contribution in [0.25, 0.3) is 0 Å². The van der Waals surface area contributed by atoms with Gasteiger partial charge in [0.15, 0.2) is 5.96 Å². The quantitative estimate of drug-likeness (QED) is 0.272. The molecule has 0 amide bonds. The minimum atomic E-state index is 0. The monoisotopic (exact) mass is 424 g/mol. The van der Waals surface area contributed by atoms with Gasteiger partial charge in [0, 0.05) is 26.7 Å². The number of rotatable bonds is 8. The zero-order valence-electron chi connectivity index (χ0n) is 15.0. The molecule has 4 nitrogen and oxygen atoms in total. The number of halogens is 1. The van der Waals surface area contributed by atoms with Gasteiger partial charge in [-0.25, -0.2) is 0 Å². The van der Waals surface area contributed by atoms with Crippen molar-refractivity contribution >= 4 is 29.9 Å². The van der Waals surface area contributed by atoms with E-state index in [1.807, 2.05) is 7.05 Å². The Hall–Kier alpha value is -0.0400. The Kier molecular flexibility index (Phi) is 13.4. The molecule has 0 spiro atoms. The van der Waals surface area contributed by atoms with Crippen LogP contribution in [0.4, 0.5) is 0 Å². The number of nitrogens with one attached hydrogen (secondary N) is 2. The molecule has 0 radical (unpaired) electrons. The predicted molar refractivity (Wildman–Crippen MR) is 108 cm³/mol. The van der Waals surface area contributed by atoms with Crippen molar-refractivity contribution in [3.63, 3.8) is 0 Å². The number of aliphatic imine (C=N–C) groups is 1. The maximum atomic E-state index is 4.27. The van der Waals surface area contributed by atoms with Crippen LogP contribution >= 0.6 is 24.0 Å². The van der Waals surface area contributed by atoms with Crippen molar-refractivity contribution < 1.29 is 0 Å². The minimum absolute atomic E-state index is 0. The van der Waals surface area contributed by atoms with Crippen LogP contribution in [0.2, 0.25) is 0 Å². The number of nitrogens with zero attached hydrogens (tertiary/aromatic N) is 2. The largest absolute Gasteiger partial charge is 0.356 e. The Balaban J connectivity index is 0.00000441. The van der Waals surface area contributed by atoms with E-state index in [0.717, 1.165) is 30.9 Å². The summed E-state index contributed by atoms with van der Waals surface area (Å²) in [5, 5.41) is 6.79. The second kappa shape index (κ2) is 13.4. The zero-order chi connectivity index (χ0) is 15.5. The summed E-state index contributed by atoms with van der Waals surface area (Å²) in [6.45, 7) is 12.8. The molecule has 1 saturated heterocycles. The topological polar surface area (TPSA) is 39.7 Å². The van der Waals surface area contributed by atoms with Gasteiger partial charge in [-0.2, -0.15) is 0 Å². The predicted octanol–water partition coefficient (Wildman–Crippen LogP) is 3.33. The van der Waals surface area contributed by atoms with Gasteiger partial charge in [0.05, 0.1) is 0 Å². The third kappa shape index (κ3) is 10.6. The average molecular weight is 424 g/mol. The van der Waals surface area contributed by atoms with E-state index >= 15 is 0 Å². The molecule has 132 valence electrons. The van der Waals surface area contributed by atoms with Gasteiger partial charge < -0.3 is 15.5 Å². The highest BCUT2D eigenvalue weighted by atomic mass is 127. The molecule has 1 aliphatic heterocycles. The molecule has 1 heterocycles. The van der Waals surface area contributed by atoms with Crippen molar-refractivity contribution in [1.82, 2.24) is 15.5 Å². The lowest BCUT2D eigenvalue weighted by molar-refractivity contribution is 0.181. The van der Waals surface area contributed by atoms with Crippen LogP contribution < -0.4 is 10.6 Å². The summed E-state index contributed by atoms with van der Waals surface area (Å²) >= 11 is 0. The molecule has 0 aliphatic carbocycles. The van der Waals surface area contributed by atoms with Gasteiger partial charge >= 0.3 is 0 Å². The Morgan fingerprint density at radius 2 is 1.95 bits per heavy atom. The van der Waals surface area contributed by atoms with Crippen LogP contribution in [0.3, 0.4) is 0 Å². The molecule has 1 unspecified atom stereocenters. The lowest BCUT2D eigenvalue weighted by Crippen LogP contribution is -2.39. The van der Waals surface area contributed by atoms with E-state index in [2.05, 4.69) is 41.3 Å². The highest BCUT2D eigenvalue weighted by Gasteiger charge is 2.15. The third-order valence-electron chi connectivity index (χ3n) is 4.17. The van der Waals surface area contributed by atoms with Gasteiger partial charge in [-0.1, -0.05) is 20.8 Å². The molecular formula is C17H37IN4. The van der Waals surface area contributed by atoms with Crippen LogP contribution in [0.1, 0.15) is 52.9 Å². The molecule has 5 heteroatoms. The van der Waals surface area contributed by atoms with Crippen molar-refractivity contribution in [2.45, 2.75) is 52.9 Å². The van der Waals surface area contributed by atoms with E-state index in [-0.39, 0.29) is 24.0 Å². The van der Waals surface area contributed by atoms with E-state index in [9.17, 15) is 0 Å². The van der Waals surface area contributed by atoms with Gasteiger partial charge in [-0.05, 0) is 57.0 Å². The van der Waals surface area contributed by atoms with E-state index in [1.165, 1.54) is 51.7 Å². The van der Waals surface area contributed by atoms with Crippen molar-refractivity contribution in [3.8, 4) is 0 Å². The summed E-state index contributed by atoms with van der Waals surface area (Å²) in [5.41, 5.74) is 0. The third-order valence-corrected chi connectivity index (χ3v) is 4.17. The summed E-state index contributed by atoms with van der Waals surface area (Å²) in [5.74, 6) is 2.57. The fourth-order valence-electron chi connectivity index (χ4n) is 2.86. The SMILES string of the molecule is CN=C(NCCCCN1CCCC(C)C1)NCCC(C)C.I. The van der Waals surface area contributed by atoms with Gasteiger partial charge in [0.2, 0.25) is 0 Å². The van der Waals surface area contributed by atoms with Crippen molar-refractivity contribution in [2.75, 3.05) is 39.8 Å². The Labute approximate surface area is 154 Å². The lowest BCUT2D eigenvalue weighted by Gasteiger charge is -2.30. The fourth-order valence-corrected chi connectivity index (χ4v) is 2.86. The average Bonchev–Trinajstić information content (AvgIpc) is 2.44. The van der Waals surface area contributed by atoms with Gasteiger partial charge in [0.25, 0.3) is 0 Å². The first kappa shape index (κ1) is 22.0. The first-order chi connectivity index (χ1) is 10.1. The number of hydrogen-bond donors (Lipinski definition) is 2. The molecule has 0 aromatic heterocycles. The molecule has 2 N–H and O–H groups in total. The number of hydrogen-bond acceptors (Lipinski definition) is 2. The molecule has 1 atom stereocenters. The number of unbranched alkanes of at least 4 members (excludes halogenated alkanes) is 1. The second-order valence-corrected chi connectivity index (χ2v) is 6.86. The summed E-state index contributed by atoms with van der Waals surface area (Å²) in [6, 6.07) is 0. The Morgan fingerprint density at radius 3 is 2.59 bits per heavy atom. The van der Waals surface area contributed by atoms with Crippen molar-refractivity contribution in [2.24, 2.45) is 16.8 Å². The van der Waals surface area contributed by atoms with Crippen LogP contribution in [0.5, 0.6) is 0 Å². The summed E-state index contributed by atoms with van der Waals surface area (Å²) in [4.78, 5) is 6.90. The number of piperidine rings is 1. The Morgan fingerprint density at radius 1 is 1.23 bits per heavy atom. The van der Waals surface area contributed by atoms with E-state index in [0.29, 0.717) is 0 Å². The number of guanidine groups is 1. The van der Waals surface area contributed by atoms with Crippen LogP contribution in [-0.4, -0.2) is 50.6 Å². The van der Waals surface area contributed by atoms with Gasteiger partial charge in [-0.15, -0.1) is 24.0 Å². The minimum Gasteiger partial charge on any atom is -0.356 e. The van der Waals surface area contributed by atoms with Crippen LogP contribution in [-0.2, 0) is 0 Å². The lowest BCUT2D eigenvalue weighted by atomic mass is 10.0. The maximum Gasteiger partial charge on any atom is 0.190 e. The molecule has 0 aromatic carbocycles. The molecule has 0 aromatic rings.